The Morgan fingerprint density at radius 2 is 1.86 bits per heavy atom. The molecular weight excluding hydrogens is 444 g/mol. The van der Waals surface area contributed by atoms with E-state index in [2.05, 4.69) is 21.2 Å². The smallest absolute Gasteiger partial charge is 0.341 e. The van der Waals surface area contributed by atoms with Crippen LogP contribution < -0.4 is 19.7 Å². The summed E-state index contributed by atoms with van der Waals surface area (Å²) in [6.07, 6.45) is 1.51. The molecule has 150 valence electrons. The van der Waals surface area contributed by atoms with E-state index in [-0.39, 0.29) is 11.4 Å². The van der Waals surface area contributed by atoms with Crippen molar-refractivity contribution in [2.24, 2.45) is 0 Å². The summed E-state index contributed by atoms with van der Waals surface area (Å²) in [6, 6.07) is 11.2. The van der Waals surface area contributed by atoms with E-state index in [1.165, 1.54) is 6.08 Å². The average molecular weight is 461 g/mol. The zero-order valence-electron chi connectivity index (χ0n) is 15.3. The van der Waals surface area contributed by atoms with E-state index in [0.717, 1.165) is 4.90 Å². The lowest BCUT2D eigenvalue weighted by atomic mass is 10.1. The van der Waals surface area contributed by atoms with Gasteiger partial charge in [0, 0.05) is 4.47 Å². The number of rotatable bonds is 7. The molecular formula is C20H17BrN2O6. The maximum Gasteiger partial charge on any atom is 0.341 e. The van der Waals surface area contributed by atoms with Crippen LogP contribution in [0.3, 0.4) is 0 Å². The Morgan fingerprint density at radius 1 is 1.17 bits per heavy atom. The van der Waals surface area contributed by atoms with Crippen LogP contribution in [0.5, 0.6) is 11.5 Å². The third-order valence-corrected chi connectivity index (χ3v) is 4.59. The molecule has 8 nitrogen and oxygen atoms in total. The number of carbonyl (C=O) groups excluding carboxylic acids is 2. The van der Waals surface area contributed by atoms with E-state index in [9.17, 15) is 14.4 Å². The molecule has 0 aromatic heterocycles. The van der Waals surface area contributed by atoms with E-state index in [0.29, 0.717) is 28.1 Å². The highest BCUT2D eigenvalue weighted by Crippen LogP contribution is 2.35. The summed E-state index contributed by atoms with van der Waals surface area (Å²) in [5.41, 5.74) is 1.11. The van der Waals surface area contributed by atoms with Crippen LogP contribution in [0.4, 0.5) is 10.5 Å². The summed E-state index contributed by atoms with van der Waals surface area (Å²) in [4.78, 5) is 36.8. The van der Waals surface area contributed by atoms with Gasteiger partial charge in [0.25, 0.3) is 5.91 Å². The van der Waals surface area contributed by atoms with Crippen LogP contribution in [0.1, 0.15) is 12.5 Å². The van der Waals surface area contributed by atoms with E-state index in [1.807, 2.05) is 0 Å². The SMILES string of the molecule is CCOc1cc(/C=C2/NC(=O)N(c3ccccc3)C2=O)c(Br)cc1OCC(=O)O. The van der Waals surface area contributed by atoms with E-state index < -0.39 is 24.5 Å². The summed E-state index contributed by atoms with van der Waals surface area (Å²) in [5.74, 6) is -1.04. The molecule has 1 fully saturated rings. The summed E-state index contributed by atoms with van der Waals surface area (Å²) in [6.45, 7) is 1.59. The maximum absolute atomic E-state index is 12.7. The van der Waals surface area contributed by atoms with Gasteiger partial charge in [-0.25, -0.2) is 14.5 Å². The average Bonchev–Trinajstić information content (AvgIpc) is 2.97. The highest BCUT2D eigenvalue weighted by molar-refractivity contribution is 9.10. The number of ether oxygens (including phenoxy) is 2. The van der Waals surface area contributed by atoms with Gasteiger partial charge in [-0.05, 0) is 42.8 Å². The number of hydrogen-bond donors (Lipinski definition) is 2. The Morgan fingerprint density at radius 3 is 2.52 bits per heavy atom. The number of carboxylic acids is 1. The number of nitrogens with zero attached hydrogens (tertiary/aromatic N) is 1. The van der Waals surface area contributed by atoms with Crippen molar-refractivity contribution in [3.05, 3.63) is 58.2 Å². The van der Waals surface area contributed by atoms with Crippen molar-refractivity contribution in [1.82, 2.24) is 5.32 Å². The summed E-state index contributed by atoms with van der Waals surface area (Å²) in [7, 11) is 0. The molecule has 0 spiro atoms. The first-order valence-corrected chi connectivity index (χ1v) is 9.43. The first-order valence-electron chi connectivity index (χ1n) is 8.63. The molecule has 0 saturated carbocycles. The van der Waals surface area contributed by atoms with Crippen LogP contribution in [0.15, 0.2) is 52.6 Å². The predicted molar refractivity (Wildman–Crippen MR) is 109 cm³/mol. The minimum atomic E-state index is -1.12. The number of carbonyl (C=O) groups is 3. The van der Waals surface area contributed by atoms with Gasteiger partial charge in [-0.15, -0.1) is 0 Å². The van der Waals surface area contributed by atoms with Gasteiger partial charge in [-0.1, -0.05) is 34.1 Å². The van der Waals surface area contributed by atoms with Crippen LogP contribution in [0.2, 0.25) is 0 Å². The number of hydrogen-bond acceptors (Lipinski definition) is 5. The first-order chi connectivity index (χ1) is 13.9. The molecule has 1 saturated heterocycles. The summed E-state index contributed by atoms with van der Waals surface area (Å²) in [5, 5.41) is 11.4. The van der Waals surface area contributed by atoms with Crippen LogP contribution in [-0.2, 0) is 9.59 Å². The molecule has 0 bridgehead atoms. The number of urea groups is 1. The molecule has 0 radical (unpaired) electrons. The molecule has 3 rings (SSSR count). The Kier molecular flexibility index (Phi) is 6.18. The number of imide groups is 1. The zero-order chi connectivity index (χ0) is 21.0. The molecule has 2 N–H and O–H groups in total. The molecule has 0 atom stereocenters. The van der Waals surface area contributed by atoms with Crippen molar-refractivity contribution < 1.29 is 29.0 Å². The fourth-order valence-corrected chi connectivity index (χ4v) is 3.12. The maximum atomic E-state index is 12.7. The second kappa shape index (κ2) is 8.78. The zero-order valence-corrected chi connectivity index (χ0v) is 16.9. The number of amides is 3. The highest BCUT2D eigenvalue weighted by Gasteiger charge is 2.34. The number of nitrogens with one attached hydrogen (secondary N) is 1. The lowest BCUT2D eigenvalue weighted by Crippen LogP contribution is -2.30. The monoisotopic (exact) mass is 460 g/mol. The Labute approximate surface area is 174 Å². The lowest BCUT2D eigenvalue weighted by molar-refractivity contribution is -0.139. The fraction of sp³-hybridized carbons (Fsp3) is 0.150. The van der Waals surface area contributed by atoms with Crippen molar-refractivity contribution in [1.29, 1.82) is 0 Å². The largest absolute Gasteiger partial charge is 0.490 e. The minimum Gasteiger partial charge on any atom is -0.490 e. The van der Waals surface area contributed by atoms with Crippen molar-refractivity contribution in [3.8, 4) is 11.5 Å². The molecule has 0 aliphatic carbocycles. The fourth-order valence-electron chi connectivity index (χ4n) is 2.68. The number of halogens is 1. The first kappa shape index (κ1) is 20.4. The Hall–Kier alpha value is -3.33. The second-order valence-corrected chi connectivity index (χ2v) is 6.75. The molecule has 3 amide bonds. The molecule has 1 aliphatic heterocycles. The quantitative estimate of drug-likeness (QED) is 0.484. The topological polar surface area (TPSA) is 105 Å². The van der Waals surface area contributed by atoms with Gasteiger partial charge in [-0.2, -0.15) is 0 Å². The molecule has 9 heteroatoms. The van der Waals surface area contributed by atoms with Gasteiger partial charge in [0.2, 0.25) is 0 Å². The second-order valence-electron chi connectivity index (χ2n) is 5.90. The van der Waals surface area contributed by atoms with Crippen LogP contribution in [0, 0.1) is 0 Å². The highest BCUT2D eigenvalue weighted by atomic mass is 79.9. The summed E-state index contributed by atoms with van der Waals surface area (Å²) >= 11 is 3.38. The molecule has 2 aromatic rings. The normalized spacial score (nSPS) is 14.8. The minimum absolute atomic E-state index is 0.0983. The third kappa shape index (κ3) is 4.57. The number of para-hydroxylation sites is 1. The number of benzene rings is 2. The van der Waals surface area contributed by atoms with Crippen LogP contribution >= 0.6 is 15.9 Å². The number of carboxylic acid groups (broad SMARTS) is 1. The predicted octanol–water partition coefficient (Wildman–Crippen LogP) is 3.41. The summed E-state index contributed by atoms with van der Waals surface area (Å²) < 4.78 is 11.3. The van der Waals surface area contributed by atoms with Gasteiger partial charge < -0.3 is 19.9 Å². The van der Waals surface area contributed by atoms with Crippen molar-refractivity contribution in [2.75, 3.05) is 18.1 Å². The Balaban J connectivity index is 1.93. The molecule has 29 heavy (non-hydrogen) atoms. The lowest BCUT2D eigenvalue weighted by Gasteiger charge is -2.13. The standard InChI is InChI=1S/C20H17BrN2O6/c1-2-28-16-9-12(14(21)10-17(16)29-11-18(24)25)8-15-19(26)23(20(27)22-15)13-6-4-3-5-7-13/h3-10H,2,11H2,1H3,(H,22,27)(H,24,25)/b15-8+. The van der Waals surface area contributed by atoms with E-state index >= 15 is 0 Å². The van der Waals surface area contributed by atoms with Crippen LogP contribution in [-0.4, -0.2) is 36.2 Å². The van der Waals surface area contributed by atoms with Crippen molar-refractivity contribution in [2.45, 2.75) is 6.92 Å². The van der Waals surface area contributed by atoms with Crippen molar-refractivity contribution in [3.63, 3.8) is 0 Å². The molecule has 1 aliphatic rings. The van der Waals surface area contributed by atoms with Gasteiger partial charge in [0.05, 0.1) is 12.3 Å². The van der Waals surface area contributed by atoms with Gasteiger partial charge in [-0.3, -0.25) is 4.79 Å². The number of aliphatic carboxylic acids is 1. The molecule has 0 unspecified atom stereocenters. The molecule has 1 heterocycles. The van der Waals surface area contributed by atoms with Crippen LogP contribution in [0.25, 0.3) is 6.08 Å². The number of anilines is 1. The van der Waals surface area contributed by atoms with Gasteiger partial charge >= 0.3 is 12.0 Å². The van der Waals surface area contributed by atoms with Gasteiger partial charge in [0.1, 0.15) is 5.70 Å². The van der Waals surface area contributed by atoms with Gasteiger partial charge in [0.15, 0.2) is 18.1 Å². The Bertz CT molecular complexity index is 990. The third-order valence-electron chi connectivity index (χ3n) is 3.91. The van der Waals surface area contributed by atoms with Crippen molar-refractivity contribution >= 4 is 45.6 Å². The van der Waals surface area contributed by atoms with E-state index in [4.69, 9.17) is 14.6 Å². The van der Waals surface area contributed by atoms with E-state index in [1.54, 1.807) is 49.4 Å². The molecule has 2 aromatic carbocycles.